The van der Waals surface area contributed by atoms with Gasteiger partial charge in [0.05, 0.1) is 18.8 Å². The lowest BCUT2D eigenvalue weighted by atomic mass is 9.84. The summed E-state index contributed by atoms with van der Waals surface area (Å²) in [6.07, 6.45) is 7.47. The molecule has 0 spiro atoms. The van der Waals surface area contributed by atoms with E-state index in [1.54, 1.807) is 30.3 Å². The molecule has 0 fully saturated rings. The van der Waals surface area contributed by atoms with Gasteiger partial charge >= 0.3 is 0 Å². The number of hydrogen-bond donors (Lipinski definition) is 1. The van der Waals surface area contributed by atoms with Gasteiger partial charge in [-0.05, 0) is 60.7 Å². The van der Waals surface area contributed by atoms with E-state index in [0.29, 0.717) is 24.5 Å². The van der Waals surface area contributed by atoms with Crippen LogP contribution in [0.2, 0.25) is 0 Å². The van der Waals surface area contributed by atoms with Crippen molar-refractivity contribution in [3.05, 3.63) is 59.2 Å². The first kappa shape index (κ1) is 24.5. The van der Waals surface area contributed by atoms with Crippen molar-refractivity contribution in [2.75, 3.05) is 18.9 Å². The van der Waals surface area contributed by atoms with Crippen LogP contribution in [0.15, 0.2) is 42.5 Å². The molecule has 0 aromatic heterocycles. The molecule has 0 radical (unpaired) electrons. The minimum atomic E-state index is -0.104. The first-order valence-corrected chi connectivity index (χ1v) is 11.3. The highest BCUT2D eigenvalue weighted by molar-refractivity contribution is 6.07. The Hall–Kier alpha value is -2.75. The molecule has 168 valence electrons. The maximum atomic E-state index is 12.7. The first-order chi connectivity index (χ1) is 14.8. The Morgan fingerprint density at radius 3 is 2.13 bits per heavy atom. The number of benzene rings is 2. The number of carbonyl (C=O) groups excluding carboxylic acids is 1. The molecular formula is C27H37NO3. The monoisotopic (exact) mass is 423 g/mol. The molecule has 0 aliphatic carbocycles. The Kier molecular flexibility index (Phi) is 9.17. The van der Waals surface area contributed by atoms with Gasteiger partial charge in [0.15, 0.2) is 5.78 Å². The Bertz CT molecular complexity index is 877. The van der Waals surface area contributed by atoms with Gasteiger partial charge in [-0.1, -0.05) is 53.5 Å². The Morgan fingerprint density at radius 1 is 0.935 bits per heavy atom. The lowest BCUT2D eigenvalue weighted by Gasteiger charge is -2.25. The van der Waals surface area contributed by atoms with Crippen LogP contribution in [0.3, 0.4) is 0 Å². The summed E-state index contributed by atoms with van der Waals surface area (Å²) in [4.78, 5) is 12.7. The van der Waals surface area contributed by atoms with Gasteiger partial charge in [-0.3, -0.25) is 4.79 Å². The normalized spacial score (nSPS) is 11.6. The molecule has 2 aromatic carbocycles. The molecule has 4 nitrogen and oxygen atoms in total. The van der Waals surface area contributed by atoms with Crippen LogP contribution in [-0.4, -0.2) is 19.0 Å². The van der Waals surface area contributed by atoms with E-state index < -0.39 is 0 Å². The largest absolute Gasteiger partial charge is 0.493 e. The minimum Gasteiger partial charge on any atom is -0.493 e. The van der Waals surface area contributed by atoms with E-state index in [0.717, 1.165) is 48.3 Å². The summed E-state index contributed by atoms with van der Waals surface area (Å²) in [5, 5.41) is 0. The van der Waals surface area contributed by atoms with Gasteiger partial charge in [0.1, 0.15) is 11.5 Å². The molecule has 31 heavy (non-hydrogen) atoms. The van der Waals surface area contributed by atoms with E-state index in [9.17, 15) is 4.79 Å². The molecule has 0 saturated heterocycles. The number of nitrogens with two attached hydrogens (primary N) is 1. The maximum absolute atomic E-state index is 12.7. The predicted octanol–water partition coefficient (Wildman–Crippen LogP) is 6.82. The lowest BCUT2D eigenvalue weighted by Crippen LogP contribution is -2.15. The van der Waals surface area contributed by atoms with Crippen LogP contribution >= 0.6 is 0 Å². The second kappa shape index (κ2) is 11.6. The lowest BCUT2D eigenvalue weighted by molar-refractivity contribution is 0.104. The molecule has 0 heterocycles. The van der Waals surface area contributed by atoms with Crippen molar-refractivity contribution in [2.24, 2.45) is 0 Å². The second-order valence-corrected chi connectivity index (χ2v) is 8.83. The predicted molar refractivity (Wildman–Crippen MR) is 130 cm³/mol. The number of carbonyl (C=O) groups is 1. The van der Waals surface area contributed by atoms with Gasteiger partial charge in [0.25, 0.3) is 0 Å². The maximum Gasteiger partial charge on any atom is 0.185 e. The SMILES string of the molecule is CCCCOc1ccc(C(C)(C)C)c(OCCCC)c1/C=C/C(=O)c1ccc(N)cc1. The Labute approximate surface area is 187 Å². The summed E-state index contributed by atoms with van der Waals surface area (Å²) in [5.41, 5.74) is 8.80. The van der Waals surface area contributed by atoms with Gasteiger partial charge < -0.3 is 15.2 Å². The van der Waals surface area contributed by atoms with Crippen LogP contribution in [0.4, 0.5) is 5.69 Å². The van der Waals surface area contributed by atoms with Crippen molar-refractivity contribution in [1.29, 1.82) is 0 Å². The van der Waals surface area contributed by atoms with Crippen molar-refractivity contribution in [3.63, 3.8) is 0 Å². The van der Waals surface area contributed by atoms with Crippen LogP contribution in [-0.2, 0) is 5.41 Å². The van der Waals surface area contributed by atoms with Crippen molar-refractivity contribution >= 4 is 17.5 Å². The molecule has 0 aliphatic heterocycles. The first-order valence-electron chi connectivity index (χ1n) is 11.3. The van der Waals surface area contributed by atoms with Crippen LogP contribution in [0, 0.1) is 0 Å². The van der Waals surface area contributed by atoms with Gasteiger partial charge in [-0.15, -0.1) is 0 Å². The van der Waals surface area contributed by atoms with Crippen LogP contribution in [0.25, 0.3) is 6.08 Å². The molecule has 2 aromatic rings. The zero-order valence-corrected chi connectivity index (χ0v) is 19.7. The molecule has 0 unspecified atom stereocenters. The molecule has 2 rings (SSSR count). The smallest absolute Gasteiger partial charge is 0.185 e. The third-order valence-electron chi connectivity index (χ3n) is 5.06. The second-order valence-electron chi connectivity index (χ2n) is 8.83. The molecule has 0 bridgehead atoms. The number of unbranched alkanes of at least 4 members (excludes halogenated alkanes) is 2. The summed E-state index contributed by atoms with van der Waals surface area (Å²) >= 11 is 0. The van der Waals surface area contributed by atoms with E-state index in [1.807, 2.05) is 12.1 Å². The fourth-order valence-electron chi connectivity index (χ4n) is 3.16. The molecule has 4 heteroatoms. The van der Waals surface area contributed by atoms with Crippen LogP contribution in [0.1, 0.15) is 81.8 Å². The number of nitrogen functional groups attached to an aromatic ring is 1. The van der Waals surface area contributed by atoms with Crippen LogP contribution in [0.5, 0.6) is 11.5 Å². The van der Waals surface area contributed by atoms with Gasteiger partial charge in [0.2, 0.25) is 0 Å². The molecule has 0 amide bonds. The van der Waals surface area contributed by atoms with Crippen molar-refractivity contribution in [3.8, 4) is 11.5 Å². The summed E-state index contributed by atoms with van der Waals surface area (Å²) in [7, 11) is 0. The van der Waals surface area contributed by atoms with E-state index in [1.165, 1.54) is 0 Å². The average Bonchev–Trinajstić information content (AvgIpc) is 2.72. The number of hydrogen-bond acceptors (Lipinski definition) is 4. The fraction of sp³-hybridized carbons (Fsp3) is 0.444. The topological polar surface area (TPSA) is 61.5 Å². The molecular weight excluding hydrogens is 386 g/mol. The van der Waals surface area contributed by atoms with E-state index in [2.05, 4.69) is 40.7 Å². The number of rotatable bonds is 11. The van der Waals surface area contributed by atoms with Gasteiger partial charge in [-0.2, -0.15) is 0 Å². The quantitative estimate of drug-likeness (QED) is 0.186. The summed E-state index contributed by atoms with van der Waals surface area (Å²) < 4.78 is 12.4. The Morgan fingerprint density at radius 2 is 1.55 bits per heavy atom. The van der Waals surface area contributed by atoms with Crippen LogP contribution < -0.4 is 15.2 Å². The summed E-state index contributed by atoms with van der Waals surface area (Å²) in [6, 6.07) is 11.0. The minimum absolute atomic E-state index is 0.0832. The highest BCUT2D eigenvalue weighted by Gasteiger charge is 2.23. The number of allylic oxidation sites excluding steroid dienone is 1. The van der Waals surface area contributed by atoms with Crippen molar-refractivity contribution in [1.82, 2.24) is 0 Å². The fourth-order valence-corrected chi connectivity index (χ4v) is 3.16. The number of anilines is 1. The van der Waals surface area contributed by atoms with E-state index >= 15 is 0 Å². The third-order valence-corrected chi connectivity index (χ3v) is 5.06. The molecule has 2 N–H and O–H groups in total. The zero-order valence-electron chi connectivity index (χ0n) is 19.7. The average molecular weight is 424 g/mol. The molecule has 0 atom stereocenters. The van der Waals surface area contributed by atoms with E-state index in [-0.39, 0.29) is 11.2 Å². The summed E-state index contributed by atoms with van der Waals surface area (Å²) in [5.74, 6) is 1.46. The number of ether oxygens (including phenoxy) is 2. The van der Waals surface area contributed by atoms with Gasteiger partial charge in [-0.25, -0.2) is 0 Å². The third kappa shape index (κ3) is 7.16. The highest BCUT2D eigenvalue weighted by atomic mass is 16.5. The van der Waals surface area contributed by atoms with Crippen molar-refractivity contribution in [2.45, 2.75) is 65.7 Å². The van der Waals surface area contributed by atoms with Gasteiger partial charge in [0, 0.05) is 16.8 Å². The standard InChI is InChI=1S/C27H37NO3/c1-6-8-18-30-25-17-15-23(27(3,4)5)26(31-19-9-7-2)22(25)14-16-24(29)20-10-12-21(28)13-11-20/h10-17H,6-9,18-19,28H2,1-5H3/b16-14+. The molecule has 0 saturated carbocycles. The highest BCUT2D eigenvalue weighted by Crippen LogP contribution is 2.40. The van der Waals surface area contributed by atoms with Crippen molar-refractivity contribution < 1.29 is 14.3 Å². The summed E-state index contributed by atoms with van der Waals surface area (Å²) in [6.45, 7) is 12.0. The van der Waals surface area contributed by atoms with E-state index in [4.69, 9.17) is 15.2 Å². The number of ketones is 1. The Balaban J connectivity index is 2.48. The molecule has 0 aliphatic rings. The zero-order chi connectivity index (χ0) is 22.9.